The summed E-state index contributed by atoms with van der Waals surface area (Å²) in [5.41, 5.74) is 0. The number of rotatable bonds is 7. The monoisotopic (exact) mass is 426 g/mol. The molecule has 0 aliphatic heterocycles. The first-order chi connectivity index (χ1) is 14.2. The van der Waals surface area contributed by atoms with Crippen molar-refractivity contribution in [3.63, 3.8) is 0 Å². The zero-order valence-corrected chi connectivity index (χ0v) is 19.4. The number of hydrogen-bond acceptors (Lipinski definition) is 3. The van der Waals surface area contributed by atoms with Crippen LogP contribution >= 0.6 is 0 Å². The number of carboxylic acid groups (broad SMARTS) is 1. The highest BCUT2D eigenvalue weighted by Crippen LogP contribution is 2.41. The van der Waals surface area contributed by atoms with E-state index in [1.54, 1.807) is 6.92 Å². The van der Waals surface area contributed by atoms with E-state index in [9.17, 15) is 15.0 Å². The van der Waals surface area contributed by atoms with Crippen molar-refractivity contribution in [3.8, 4) is 0 Å². The number of benzene rings is 2. The Morgan fingerprint density at radius 2 is 1.53 bits per heavy atom. The van der Waals surface area contributed by atoms with Gasteiger partial charge in [-0.1, -0.05) is 88.4 Å². The third kappa shape index (κ3) is 4.38. The molecule has 162 valence electrons. The molecule has 0 heterocycles. The Hall–Kier alpha value is -1.95. The van der Waals surface area contributed by atoms with Gasteiger partial charge in [0.2, 0.25) is 0 Å². The molecule has 5 heteroatoms. The van der Waals surface area contributed by atoms with E-state index in [1.165, 1.54) is 10.4 Å². The molecule has 0 radical (unpaired) electrons. The van der Waals surface area contributed by atoms with E-state index in [1.807, 2.05) is 12.1 Å². The van der Waals surface area contributed by atoms with Gasteiger partial charge in [-0.25, -0.2) is 0 Å². The normalized spacial score (nSPS) is 23.3. The maximum atomic E-state index is 11.6. The molecular formula is C25H34O4Si. The highest BCUT2D eigenvalue weighted by molar-refractivity contribution is 6.99. The molecule has 2 aromatic rings. The van der Waals surface area contributed by atoms with E-state index in [-0.39, 0.29) is 16.9 Å². The molecule has 0 amide bonds. The van der Waals surface area contributed by atoms with Crippen LogP contribution in [0.15, 0.2) is 60.7 Å². The summed E-state index contributed by atoms with van der Waals surface area (Å²) in [7, 11) is -2.66. The highest BCUT2D eigenvalue weighted by Gasteiger charge is 2.51. The second kappa shape index (κ2) is 9.04. The summed E-state index contributed by atoms with van der Waals surface area (Å²) < 4.78 is 6.99. The molecule has 0 spiro atoms. The van der Waals surface area contributed by atoms with Crippen molar-refractivity contribution in [3.05, 3.63) is 60.7 Å². The number of carboxylic acids is 1. The molecule has 4 nitrogen and oxygen atoms in total. The van der Waals surface area contributed by atoms with Crippen LogP contribution in [0.25, 0.3) is 0 Å². The maximum Gasteiger partial charge on any atom is 0.306 e. The Balaban J connectivity index is 2.00. The molecule has 1 aliphatic carbocycles. The lowest BCUT2D eigenvalue weighted by molar-refractivity contribution is -0.143. The van der Waals surface area contributed by atoms with Crippen molar-refractivity contribution >= 4 is 24.7 Å². The molecule has 30 heavy (non-hydrogen) atoms. The average molecular weight is 427 g/mol. The molecule has 1 unspecified atom stereocenters. The molecule has 2 aromatic carbocycles. The molecule has 0 aromatic heterocycles. The summed E-state index contributed by atoms with van der Waals surface area (Å²) in [4.78, 5) is 11.6. The van der Waals surface area contributed by atoms with Crippen LogP contribution in [0.5, 0.6) is 0 Å². The van der Waals surface area contributed by atoms with Gasteiger partial charge in [0.15, 0.2) is 0 Å². The smallest absolute Gasteiger partial charge is 0.306 e. The number of carbonyl (C=O) groups is 1. The molecule has 3 rings (SSSR count). The van der Waals surface area contributed by atoms with E-state index < -0.39 is 26.3 Å². The van der Waals surface area contributed by atoms with Gasteiger partial charge >= 0.3 is 5.97 Å². The van der Waals surface area contributed by atoms with Crippen LogP contribution in [-0.2, 0) is 9.22 Å². The van der Waals surface area contributed by atoms with Crippen LogP contribution in [0, 0.1) is 17.8 Å². The van der Waals surface area contributed by atoms with E-state index in [4.69, 9.17) is 4.43 Å². The minimum absolute atomic E-state index is 0.0350. The van der Waals surface area contributed by atoms with Crippen molar-refractivity contribution in [2.24, 2.45) is 17.8 Å². The van der Waals surface area contributed by atoms with E-state index in [0.717, 1.165) is 0 Å². The summed E-state index contributed by atoms with van der Waals surface area (Å²) in [6.07, 6.45) is 0.674. The molecule has 2 N–H and O–H groups in total. The number of hydrogen-bond donors (Lipinski definition) is 2. The van der Waals surface area contributed by atoms with E-state index in [2.05, 4.69) is 69.3 Å². The van der Waals surface area contributed by atoms with Crippen LogP contribution < -0.4 is 10.4 Å². The molecule has 1 fully saturated rings. The van der Waals surface area contributed by atoms with Crippen LogP contribution in [0.4, 0.5) is 0 Å². The predicted molar refractivity (Wildman–Crippen MR) is 123 cm³/mol. The van der Waals surface area contributed by atoms with Crippen LogP contribution in [0.3, 0.4) is 0 Å². The SMILES string of the molecule is CC(C(=O)O)[C@@H]1C[C@@H](O)C[C@@H]1CO[Si](c1ccccc1)(c1ccccc1)C(C)(C)C. The highest BCUT2D eigenvalue weighted by atomic mass is 28.4. The Labute approximate surface area is 181 Å². The van der Waals surface area contributed by atoms with Crippen LogP contribution in [0.1, 0.15) is 40.5 Å². The van der Waals surface area contributed by atoms with Gasteiger partial charge in [0.25, 0.3) is 8.32 Å². The van der Waals surface area contributed by atoms with Gasteiger partial charge in [0.1, 0.15) is 0 Å². The molecule has 1 saturated carbocycles. The maximum absolute atomic E-state index is 11.6. The molecule has 0 bridgehead atoms. The fourth-order valence-electron chi connectivity index (χ4n) is 5.11. The summed E-state index contributed by atoms with van der Waals surface area (Å²) in [6.45, 7) is 8.92. The minimum Gasteiger partial charge on any atom is -0.481 e. The zero-order chi connectivity index (χ0) is 21.9. The summed E-state index contributed by atoms with van der Waals surface area (Å²) in [5, 5.41) is 22.1. The fraction of sp³-hybridized carbons (Fsp3) is 0.480. The van der Waals surface area contributed by atoms with Gasteiger partial charge in [-0.05, 0) is 40.1 Å². The van der Waals surface area contributed by atoms with Crippen LogP contribution in [-0.4, -0.2) is 37.2 Å². The fourth-order valence-corrected chi connectivity index (χ4v) is 9.73. The number of aliphatic carboxylic acids is 1. The van der Waals surface area contributed by atoms with Crippen molar-refractivity contribution in [1.82, 2.24) is 0 Å². The first-order valence-electron chi connectivity index (χ1n) is 10.8. The second-order valence-electron chi connectivity index (χ2n) is 9.65. The average Bonchev–Trinajstić information content (AvgIpc) is 3.09. The van der Waals surface area contributed by atoms with Gasteiger partial charge in [-0.2, -0.15) is 0 Å². The van der Waals surface area contributed by atoms with E-state index in [0.29, 0.717) is 19.4 Å². The lowest BCUT2D eigenvalue weighted by Crippen LogP contribution is -2.67. The quantitative estimate of drug-likeness (QED) is 0.663. The summed E-state index contributed by atoms with van der Waals surface area (Å²) in [5.74, 6) is -1.33. The molecular weight excluding hydrogens is 392 g/mol. The van der Waals surface area contributed by atoms with Gasteiger partial charge in [-0.3, -0.25) is 4.79 Å². The Morgan fingerprint density at radius 1 is 1.03 bits per heavy atom. The van der Waals surface area contributed by atoms with Gasteiger partial charge in [-0.15, -0.1) is 0 Å². The minimum atomic E-state index is -2.66. The third-order valence-corrected chi connectivity index (χ3v) is 11.7. The summed E-state index contributed by atoms with van der Waals surface area (Å²) in [6, 6.07) is 20.9. The van der Waals surface area contributed by atoms with Gasteiger partial charge in [0, 0.05) is 6.61 Å². The van der Waals surface area contributed by atoms with Crippen molar-refractivity contribution in [2.45, 2.75) is 51.7 Å². The molecule has 4 atom stereocenters. The second-order valence-corrected chi connectivity index (χ2v) is 14.0. The first-order valence-corrected chi connectivity index (χ1v) is 12.7. The standard InChI is InChI=1S/C25H34O4Si/c1-18(24(27)28)23-16-20(26)15-19(23)17-29-30(25(2,3)4,21-11-7-5-8-12-21)22-13-9-6-10-14-22/h5-14,18-20,23,26H,15-17H2,1-4H3,(H,27,28)/t18?,19-,20+,23+/m1/s1. The number of aliphatic hydroxyl groups is 1. The lowest BCUT2D eigenvalue weighted by atomic mass is 9.85. The molecule has 0 saturated heterocycles. The summed E-state index contributed by atoms with van der Waals surface area (Å²) >= 11 is 0. The zero-order valence-electron chi connectivity index (χ0n) is 18.4. The van der Waals surface area contributed by atoms with E-state index >= 15 is 0 Å². The Bertz CT molecular complexity index is 792. The number of aliphatic hydroxyl groups excluding tert-OH is 1. The Morgan fingerprint density at radius 3 is 1.97 bits per heavy atom. The lowest BCUT2D eigenvalue weighted by Gasteiger charge is -2.44. The topological polar surface area (TPSA) is 66.8 Å². The largest absolute Gasteiger partial charge is 0.481 e. The molecule has 1 aliphatic rings. The van der Waals surface area contributed by atoms with Crippen molar-refractivity contribution < 1.29 is 19.4 Å². The first kappa shape index (κ1) is 22.7. The van der Waals surface area contributed by atoms with Gasteiger partial charge in [0.05, 0.1) is 12.0 Å². The van der Waals surface area contributed by atoms with Gasteiger partial charge < -0.3 is 14.6 Å². The van der Waals surface area contributed by atoms with Crippen molar-refractivity contribution in [2.75, 3.05) is 6.61 Å². The third-order valence-electron chi connectivity index (χ3n) is 6.69. The van der Waals surface area contributed by atoms with Crippen LogP contribution in [0.2, 0.25) is 5.04 Å². The Kier molecular flexibility index (Phi) is 6.85. The van der Waals surface area contributed by atoms with Crippen molar-refractivity contribution in [1.29, 1.82) is 0 Å². The predicted octanol–water partition coefficient (Wildman–Crippen LogP) is 3.67.